The van der Waals surface area contributed by atoms with Gasteiger partial charge in [-0.2, -0.15) is 0 Å². The predicted octanol–water partition coefficient (Wildman–Crippen LogP) is 3.52. The molecule has 3 N–H and O–H groups in total. The minimum Gasteiger partial charge on any atom is -0.324 e. The summed E-state index contributed by atoms with van der Waals surface area (Å²) in [5.41, 5.74) is 6.53. The molecular formula is C13H19ClN2OS. The zero-order valence-corrected chi connectivity index (χ0v) is 12.3. The van der Waals surface area contributed by atoms with Crippen LogP contribution in [-0.4, -0.2) is 17.7 Å². The van der Waals surface area contributed by atoms with Crippen LogP contribution < -0.4 is 11.1 Å². The van der Waals surface area contributed by atoms with Crippen molar-refractivity contribution in [2.45, 2.75) is 37.6 Å². The van der Waals surface area contributed by atoms with E-state index in [-0.39, 0.29) is 5.91 Å². The maximum Gasteiger partial charge on any atom is 0.241 e. The minimum atomic E-state index is -0.464. The minimum absolute atomic E-state index is 0.155. The topological polar surface area (TPSA) is 55.1 Å². The van der Waals surface area contributed by atoms with E-state index < -0.39 is 6.04 Å². The number of halogens is 1. The summed E-state index contributed by atoms with van der Waals surface area (Å²) in [4.78, 5) is 12.9. The fourth-order valence-corrected chi connectivity index (χ4v) is 2.46. The molecule has 5 heteroatoms. The van der Waals surface area contributed by atoms with Crippen LogP contribution in [0.5, 0.6) is 0 Å². The van der Waals surface area contributed by atoms with E-state index in [4.69, 9.17) is 17.3 Å². The van der Waals surface area contributed by atoms with Gasteiger partial charge in [-0.15, -0.1) is 11.8 Å². The van der Waals surface area contributed by atoms with Crippen molar-refractivity contribution >= 4 is 35.0 Å². The number of carbonyl (C=O) groups excluding carboxylic acids is 1. The third kappa shape index (κ3) is 4.52. The number of rotatable bonds is 6. The van der Waals surface area contributed by atoms with Crippen LogP contribution in [0.15, 0.2) is 23.1 Å². The molecule has 0 saturated heterocycles. The molecule has 1 aromatic carbocycles. The smallest absolute Gasteiger partial charge is 0.241 e. The predicted molar refractivity (Wildman–Crippen MR) is 79.4 cm³/mol. The maximum absolute atomic E-state index is 11.9. The Balaban J connectivity index is 2.81. The molecule has 1 amide bonds. The van der Waals surface area contributed by atoms with Gasteiger partial charge >= 0.3 is 0 Å². The van der Waals surface area contributed by atoms with Crippen molar-refractivity contribution in [2.75, 3.05) is 11.1 Å². The average molecular weight is 287 g/mol. The molecule has 3 nitrogen and oxygen atoms in total. The van der Waals surface area contributed by atoms with E-state index in [0.717, 1.165) is 22.8 Å². The Morgan fingerprint density at radius 3 is 2.83 bits per heavy atom. The molecule has 0 aliphatic rings. The van der Waals surface area contributed by atoms with E-state index >= 15 is 0 Å². The number of hydrogen-bond acceptors (Lipinski definition) is 3. The first kappa shape index (κ1) is 15.3. The standard InChI is InChI=1S/C13H19ClN2OS/c1-3-5-10(15)13(17)16-11-8-9(14)6-7-12(11)18-4-2/h6-8,10H,3-5,15H2,1-2H3,(H,16,17). The molecule has 1 unspecified atom stereocenters. The van der Waals surface area contributed by atoms with Crippen LogP contribution in [0.4, 0.5) is 5.69 Å². The third-order valence-corrected chi connectivity index (χ3v) is 3.63. The largest absolute Gasteiger partial charge is 0.324 e. The molecule has 0 fully saturated rings. The van der Waals surface area contributed by atoms with Crippen molar-refractivity contribution in [1.82, 2.24) is 0 Å². The average Bonchev–Trinajstić information content (AvgIpc) is 2.33. The Labute approximate surface area is 117 Å². The molecule has 0 radical (unpaired) electrons. The van der Waals surface area contributed by atoms with Crippen molar-refractivity contribution < 1.29 is 4.79 Å². The van der Waals surface area contributed by atoms with Gasteiger partial charge in [0.15, 0.2) is 0 Å². The van der Waals surface area contributed by atoms with Crippen molar-refractivity contribution in [1.29, 1.82) is 0 Å². The van der Waals surface area contributed by atoms with Crippen LogP contribution in [0, 0.1) is 0 Å². The highest BCUT2D eigenvalue weighted by atomic mass is 35.5. The van der Waals surface area contributed by atoms with Crippen LogP contribution in [0.25, 0.3) is 0 Å². The highest BCUT2D eigenvalue weighted by molar-refractivity contribution is 7.99. The van der Waals surface area contributed by atoms with Gasteiger partial charge in [-0.25, -0.2) is 0 Å². The fourth-order valence-electron chi connectivity index (χ4n) is 1.55. The first-order valence-corrected chi connectivity index (χ1v) is 7.43. The Morgan fingerprint density at radius 2 is 2.22 bits per heavy atom. The Bertz CT molecular complexity index is 412. The molecule has 0 aromatic heterocycles. The van der Waals surface area contributed by atoms with Crippen LogP contribution in [-0.2, 0) is 4.79 Å². The van der Waals surface area contributed by atoms with Gasteiger partial charge in [-0.1, -0.05) is 31.9 Å². The summed E-state index contributed by atoms with van der Waals surface area (Å²) in [6.45, 7) is 4.07. The molecule has 1 aromatic rings. The van der Waals surface area contributed by atoms with Crippen LogP contribution in [0.3, 0.4) is 0 Å². The van der Waals surface area contributed by atoms with E-state index in [2.05, 4.69) is 12.2 Å². The summed E-state index contributed by atoms with van der Waals surface area (Å²) in [6.07, 6.45) is 1.57. The Hall–Kier alpha value is -0.710. The van der Waals surface area contributed by atoms with E-state index in [1.807, 2.05) is 19.1 Å². The molecule has 0 saturated carbocycles. The molecule has 0 bridgehead atoms. The van der Waals surface area contributed by atoms with Crippen molar-refractivity contribution in [3.63, 3.8) is 0 Å². The first-order chi connectivity index (χ1) is 8.58. The highest BCUT2D eigenvalue weighted by Crippen LogP contribution is 2.29. The summed E-state index contributed by atoms with van der Waals surface area (Å²) >= 11 is 7.61. The molecule has 0 aliphatic carbocycles. The van der Waals surface area contributed by atoms with Gasteiger partial charge in [0.2, 0.25) is 5.91 Å². The summed E-state index contributed by atoms with van der Waals surface area (Å²) in [5.74, 6) is 0.781. The van der Waals surface area contributed by atoms with Gasteiger partial charge in [-0.05, 0) is 30.4 Å². The van der Waals surface area contributed by atoms with Gasteiger partial charge in [0, 0.05) is 9.92 Å². The zero-order chi connectivity index (χ0) is 13.5. The van der Waals surface area contributed by atoms with E-state index in [9.17, 15) is 4.79 Å². The lowest BCUT2D eigenvalue weighted by Gasteiger charge is -2.14. The Kier molecular flexibility index (Phi) is 6.54. The number of carbonyl (C=O) groups is 1. The van der Waals surface area contributed by atoms with Gasteiger partial charge in [-0.3, -0.25) is 4.79 Å². The summed E-state index contributed by atoms with van der Waals surface area (Å²) in [6, 6.07) is 5.03. The number of nitrogens with one attached hydrogen (secondary N) is 1. The number of thioether (sulfide) groups is 1. The first-order valence-electron chi connectivity index (χ1n) is 6.07. The number of hydrogen-bond donors (Lipinski definition) is 2. The molecule has 1 rings (SSSR count). The van der Waals surface area contributed by atoms with Crippen molar-refractivity contribution in [3.05, 3.63) is 23.2 Å². The van der Waals surface area contributed by atoms with Gasteiger partial charge in [0.1, 0.15) is 0 Å². The quantitative estimate of drug-likeness (QED) is 0.787. The number of benzene rings is 1. The molecule has 0 heterocycles. The van der Waals surface area contributed by atoms with Gasteiger partial charge in [0.25, 0.3) is 0 Å². The second-order valence-electron chi connectivity index (χ2n) is 3.96. The van der Waals surface area contributed by atoms with Gasteiger partial charge in [0.05, 0.1) is 11.7 Å². The van der Waals surface area contributed by atoms with E-state index in [1.54, 1.807) is 17.8 Å². The van der Waals surface area contributed by atoms with E-state index in [1.165, 1.54) is 0 Å². The summed E-state index contributed by atoms with van der Waals surface area (Å²) in [5, 5.41) is 3.46. The fraction of sp³-hybridized carbons (Fsp3) is 0.462. The highest BCUT2D eigenvalue weighted by Gasteiger charge is 2.14. The normalized spacial score (nSPS) is 12.2. The number of amides is 1. The summed E-state index contributed by atoms with van der Waals surface area (Å²) < 4.78 is 0. The van der Waals surface area contributed by atoms with Gasteiger partial charge < -0.3 is 11.1 Å². The van der Waals surface area contributed by atoms with Crippen molar-refractivity contribution in [2.24, 2.45) is 5.73 Å². The third-order valence-electron chi connectivity index (χ3n) is 2.44. The lowest BCUT2D eigenvalue weighted by Crippen LogP contribution is -2.35. The van der Waals surface area contributed by atoms with E-state index in [0.29, 0.717) is 11.4 Å². The monoisotopic (exact) mass is 286 g/mol. The molecule has 1 atom stereocenters. The molecule has 0 aliphatic heterocycles. The SMILES string of the molecule is CCCC(N)C(=O)Nc1cc(Cl)ccc1SCC. The van der Waals surface area contributed by atoms with Crippen LogP contribution >= 0.6 is 23.4 Å². The lowest BCUT2D eigenvalue weighted by atomic mass is 10.1. The van der Waals surface area contributed by atoms with Crippen LogP contribution in [0.1, 0.15) is 26.7 Å². The lowest BCUT2D eigenvalue weighted by molar-refractivity contribution is -0.117. The second kappa shape index (κ2) is 7.67. The number of anilines is 1. The number of nitrogens with two attached hydrogens (primary N) is 1. The second-order valence-corrected chi connectivity index (χ2v) is 5.70. The summed E-state index contributed by atoms with van der Waals surface area (Å²) in [7, 11) is 0. The molecule has 18 heavy (non-hydrogen) atoms. The Morgan fingerprint density at radius 1 is 1.50 bits per heavy atom. The maximum atomic E-state index is 11.9. The molecule has 0 spiro atoms. The van der Waals surface area contributed by atoms with Crippen LogP contribution in [0.2, 0.25) is 5.02 Å². The molecular weight excluding hydrogens is 268 g/mol. The zero-order valence-electron chi connectivity index (χ0n) is 10.7. The molecule has 100 valence electrons. The van der Waals surface area contributed by atoms with Crippen molar-refractivity contribution in [3.8, 4) is 0 Å².